The van der Waals surface area contributed by atoms with Gasteiger partial charge in [0.1, 0.15) is 5.84 Å². The largest absolute Gasteiger partial charge is 0.369 e. The molecule has 0 aliphatic rings. The standard InChI is InChI=1S/C22H31N5.C3H8/c1-7-13-21(8-2)25-19(6)26-22(23)24-17(4)18(5)27(9-3)16-20-14-11-10-12-15-20;1-3-2/h7-8,10-15,18H,1-2,4,9,16H2,3,5-6H3,(H3,23,24,25,26);3H2,1-2H3/b21-13+;. The van der Waals surface area contributed by atoms with Gasteiger partial charge >= 0.3 is 0 Å². The Bertz CT molecular complexity index is 744. The van der Waals surface area contributed by atoms with E-state index >= 15 is 0 Å². The van der Waals surface area contributed by atoms with Gasteiger partial charge in [-0.05, 0) is 38.1 Å². The van der Waals surface area contributed by atoms with E-state index in [-0.39, 0.29) is 12.0 Å². The molecule has 0 saturated heterocycles. The Balaban J connectivity index is 0.00000263. The number of nitrogens with two attached hydrogens (primary N) is 1. The van der Waals surface area contributed by atoms with Crippen LogP contribution in [0.15, 0.2) is 89.7 Å². The number of amidine groups is 1. The first kappa shape index (κ1) is 27.1. The second kappa shape index (κ2) is 15.9. The van der Waals surface area contributed by atoms with Crippen molar-refractivity contribution in [3.8, 4) is 0 Å². The fraction of sp³-hybridized carbons (Fsp3) is 0.360. The Kier molecular flexibility index (Phi) is 14.4. The molecule has 0 radical (unpaired) electrons. The van der Waals surface area contributed by atoms with Gasteiger partial charge < -0.3 is 11.1 Å². The zero-order chi connectivity index (χ0) is 22.9. The Morgan fingerprint density at radius 3 is 2.27 bits per heavy atom. The molecule has 1 aromatic rings. The number of nitrogens with one attached hydrogen (secondary N) is 1. The number of rotatable bonds is 9. The van der Waals surface area contributed by atoms with Crippen LogP contribution in [0.5, 0.6) is 0 Å². The fourth-order valence-electron chi connectivity index (χ4n) is 2.52. The Labute approximate surface area is 183 Å². The first-order valence-electron chi connectivity index (χ1n) is 10.4. The summed E-state index contributed by atoms with van der Waals surface area (Å²) in [6.45, 7) is 23.5. The minimum atomic E-state index is 0.0885. The monoisotopic (exact) mass is 409 g/mol. The lowest BCUT2D eigenvalue weighted by atomic mass is 10.1. The van der Waals surface area contributed by atoms with Gasteiger partial charge in [0, 0.05) is 18.3 Å². The van der Waals surface area contributed by atoms with Crippen molar-refractivity contribution in [2.24, 2.45) is 15.7 Å². The maximum absolute atomic E-state index is 6.01. The van der Waals surface area contributed by atoms with Crippen LogP contribution in [0.3, 0.4) is 0 Å². The molecular weight excluding hydrogens is 370 g/mol. The van der Waals surface area contributed by atoms with Crippen LogP contribution in [0, 0.1) is 0 Å². The van der Waals surface area contributed by atoms with Gasteiger partial charge in [0.15, 0.2) is 5.96 Å². The first-order valence-corrected chi connectivity index (χ1v) is 10.4. The molecule has 1 atom stereocenters. The molecule has 164 valence electrons. The summed E-state index contributed by atoms with van der Waals surface area (Å²) in [6.07, 6.45) is 6.28. The van der Waals surface area contributed by atoms with E-state index in [1.54, 1.807) is 25.2 Å². The molecule has 1 unspecified atom stereocenters. The van der Waals surface area contributed by atoms with Gasteiger partial charge in [0.05, 0.1) is 5.70 Å². The van der Waals surface area contributed by atoms with Crippen molar-refractivity contribution >= 4 is 11.8 Å². The van der Waals surface area contributed by atoms with Crippen LogP contribution >= 0.6 is 0 Å². The topological polar surface area (TPSA) is 66.0 Å². The number of hydrogen-bond acceptors (Lipinski definition) is 2. The maximum Gasteiger partial charge on any atom is 0.199 e. The highest BCUT2D eigenvalue weighted by Gasteiger charge is 2.16. The molecule has 5 heteroatoms. The van der Waals surface area contributed by atoms with Crippen molar-refractivity contribution in [1.29, 1.82) is 0 Å². The molecule has 0 amide bonds. The Hall–Kier alpha value is -2.92. The van der Waals surface area contributed by atoms with E-state index in [0.29, 0.717) is 11.5 Å². The normalized spacial score (nSPS) is 13.2. The van der Waals surface area contributed by atoms with Crippen molar-refractivity contribution in [2.75, 3.05) is 6.54 Å². The second-order valence-electron chi connectivity index (χ2n) is 6.77. The minimum Gasteiger partial charge on any atom is -0.369 e. The van der Waals surface area contributed by atoms with Crippen molar-refractivity contribution in [3.05, 3.63) is 85.3 Å². The Morgan fingerprint density at radius 1 is 1.17 bits per heavy atom. The molecule has 0 heterocycles. The van der Waals surface area contributed by atoms with E-state index in [1.165, 1.54) is 12.0 Å². The lowest BCUT2D eigenvalue weighted by Gasteiger charge is -2.29. The fourth-order valence-corrected chi connectivity index (χ4v) is 2.52. The van der Waals surface area contributed by atoms with E-state index in [0.717, 1.165) is 18.8 Å². The number of likely N-dealkylation sites (N-methyl/N-ethyl adjacent to an activating group) is 1. The van der Waals surface area contributed by atoms with Gasteiger partial charge in [-0.3, -0.25) is 4.90 Å². The van der Waals surface area contributed by atoms with Crippen molar-refractivity contribution < 1.29 is 0 Å². The quantitative estimate of drug-likeness (QED) is 0.326. The molecule has 0 bridgehead atoms. The van der Waals surface area contributed by atoms with E-state index in [9.17, 15) is 0 Å². The van der Waals surface area contributed by atoms with Gasteiger partial charge in [-0.2, -0.15) is 0 Å². The average Bonchev–Trinajstić information content (AvgIpc) is 2.72. The summed E-state index contributed by atoms with van der Waals surface area (Å²) < 4.78 is 0. The van der Waals surface area contributed by atoms with E-state index in [4.69, 9.17) is 5.73 Å². The van der Waals surface area contributed by atoms with Crippen LogP contribution in [0.4, 0.5) is 0 Å². The maximum atomic E-state index is 6.01. The van der Waals surface area contributed by atoms with Crippen LogP contribution in [0.25, 0.3) is 0 Å². The number of aliphatic imine (C=N–C) groups is 2. The molecule has 5 nitrogen and oxygen atoms in total. The summed E-state index contributed by atoms with van der Waals surface area (Å²) in [5.74, 6) is 0.774. The third-order valence-electron chi connectivity index (χ3n) is 4.05. The van der Waals surface area contributed by atoms with Crippen molar-refractivity contribution in [3.63, 3.8) is 0 Å². The first-order chi connectivity index (χ1) is 14.3. The summed E-state index contributed by atoms with van der Waals surface area (Å²) >= 11 is 0. The predicted molar refractivity (Wildman–Crippen MR) is 133 cm³/mol. The third kappa shape index (κ3) is 11.2. The zero-order valence-electron chi connectivity index (χ0n) is 19.4. The Morgan fingerprint density at radius 2 is 1.77 bits per heavy atom. The van der Waals surface area contributed by atoms with E-state index < -0.39 is 0 Å². The van der Waals surface area contributed by atoms with Crippen LogP contribution in [0.2, 0.25) is 0 Å². The molecule has 0 aliphatic carbocycles. The highest BCUT2D eigenvalue weighted by molar-refractivity contribution is 5.95. The van der Waals surface area contributed by atoms with Crippen LogP contribution in [-0.4, -0.2) is 29.3 Å². The summed E-state index contributed by atoms with van der Waals surface area (Å²) in [6, 6.07) is 10.4. The molecular formula is C25H39N5. The smallest absolute Gasteiger partial charge is 0.199 e. The second-order valence-corrected chi connectivity index (χ2v) is 6.77. The van der Waals surface area contributed by atoms with Gasteiger partial charge in [0.2, 0.25) is 0 Å². The summed E-state index contributed by atoms with van der Waals surface area (Å²) in [5.41, 5.74) is 8.73. The lowest BCUT2D eigenvalue weighted by molar-refractivity contribution is 0.233. The average molecular weight is 410 g/mol. The van der Waals surface area contributed by atoms with Crippen LogP contribution in [-0.2, 0) is 6.54 Å². The van der Waals surface area contributed by atoms with Gasteiger partial charge in [-0.1, -0.05) is 83.3 Å². The molecule has 1 aromatic carbocycles. The van der Waals surface area contributed by atoms with Gasteiger partial charge in [-0.25, -0.2) is 9.98 Å². The zero-order valence-corrected chi connectivity index (χ0v) is 19.4. The number of nitrogens with zero attached hydrogens (tertiary/aromatic N) is 3. The molecule has 0 aromatic heterocycles. The molecule has 0 spiro atoms. The summed E-state index contributed by atoms with van der Waals surface area (Å²) in [4.78, 5) is 10.9. The van der Waals surface area contributed by atoms with Crippen LogP contribution < -0.4 is 11.1 Å². The van der Waals surface area contributed by atoms with E-state index in [2.05, 4.69) is 79.8 Å². The number of allylic oxidation sites excluding steroid dienone is 3. The number of benzene rings is 1. The number of hydrogen-bond donors (Lipinski definition) is 2. The highest BCUT2D eigenvalue weighted by atomic mass is 15.2. The van der Waals surface area contributed by atoms with Crippen molar-refractivity contribution in [1.82, 2.24) is 10.2 Å². The van der Waals surface area contributed by atoms with Crippen molar-refractivity contribution in [2.45, 2.75) is 53.6 Å². The number of guanidine groups is 1. The molecule has 3 N–H and O–H groups in total. The lowest BCUT2D eigenvalue weighted by Crippen LogP contribution is -2.42. The molecule has 0 fully saturated rings. The minimum absolute atomic E-state index is 0.0885. The summed E-state index contributed by atoms with van der Waals surface area (Å²) in [5, 5.41) is 3.08. The van der Waals surface area contributed by atoms with Gasteiger partial charge in [-0.15, -0.1) is 0 Å². The van der Waals surface area contributed by atoms with Crippen LogP contribution in [0.1, 0.15) is 46.6 Å². The molecule has 0 saturated carbocycles. The van der Waals surface area contributed by atoms with E-state index in [1.807, 2.05) is 18.2 Å². The predicted octanol–water partition coefficient (Wildman–Crippen LogP) is 5.41. The van der Waals surface area contributed by atoms with Gasteiger partial charge in [0.25, 0.3) is 0 Å². The third-order valence-corrected chi connectivity index (χ3v) is 4.05. The highest BCUT2D eigenvalue weighted by Crippen LogP contribution is 2.11. The molecule has 0 aliphatic heterocycles. The molecule has 30 heavy (non-hydrogen) atoms. The molecule has 1 rings (SSSR count). The summed E-state index contributed by atoms with van der Waals surface area (Å²) in [7, 11) is 0. The SMILES string of the molecule is C=C/C=C(\C=C)N=C(C)N=C(N)NC(=C)C(C)N(CC)Cc1ccccc1.CCC.